The zero-order valence-corrected chi connectivity index (χ0v) is 17.9. The highest BCUT2D eigenvalue weighted by Gasteiger charge is 2.26. The SMILES string of the molecule is Cc1ccc(-n2ncc3c(SCC(=O)N4C[C@@H](C)O[C@H](C)C4)ncnc32)c(C)c1. The number of aromatic nitrogens is 4. The molecule has 0 aliphatic carbocycles. The normalized spacial score (nSPS) is 19.7. The first-order valence-corrected chi connectivity index (χ1v) is 10.7. The number of aryl methyl sites for hydroxylation is 2. The van der Waals surface area contributed by atoms with Crippen LogP contribution in [0, 0.1) is 13.8 Å². The van der Waals surface area contributed by atoms with Crippen molar-refractivity contribution in [3.05, 3.63) is 41.9 Å². The third-order valence-electron chi connectivity index (χ3n) is 5.01. The predicted molar refractivity (Wildman–Crippen MR) is 113 cm³/mol. The van der Waals surface area contributed by atoms with Crippen LogP contribution < -0.4 is 0 Å². The fourth-order valence-corrected chi connectivity index (χ4v) is 4.62. The molecule has 0 saturated carbocycles. The summed E-state index contributed by atoms with van der Waals surface area (Å²) in [6, 6.07) is 6.24. The van der Waals surface area contributed by atoms with Gasteiger partial charge in [0, 0.05) is 13.1 Å². The van der Waals surface area contributed by atoms with Crippen molar-refractivity contribution in [1.29, 1.82) is 0 Å². The van der Waals surface area contributed by atoms with Crippen LogP contribution in [0.1, 0.15) is 25.0 Å². The number of ether oxygens (including phenoxy) is 1. The summed E-state index contributed by atoms with van der Waals surface area (Å²) < 4.78 is 7.55. The van der Waals surface area contributed by atoms with Gasteiger partial charge in [0.2, 0.25) is 5.91 Å². The molecule has 152 valence electrons. The minimum absolute atomic E-state index is 0.0643. The Hall–Kier alpha value is -2.45. The number of nitrogens with zero attached hydrogens (tertiary/aromatic N) is 5. The van der Waals surface area contributed by atoms with Crippen LogP contribution in [0.25, 0.3) is 16.7 Å². The van der Waals surface area contributed by atoms with Crippen molar-refractivity contribution >= 4 is 28.7 Å². The van der Waals surface area contributed by atoms with E-state index in [1.54, 1.807) is 6.20 Å². The van der Waals surface area contributed by atoms with Crippen LogP contribution >= 0.6 is 11.8 Å². The molecule has 1 aromatic carbocycles. The van der Waals surface area contributed by atoms with Crippen molar-refractivity contribution in [3.63, 3.8) is 0 Å². The number of carbonyl (C=O) groups is 1. The zero-order valence-electron chi connectivity index (χ0n) is 17.1. The summed E-state index contributed by atoms with van der Waals surface area (Å²) in [5.41, 5.74) is 4.08. The molecule has 1 aliphatic heterocycles. The lowest BCUT2D eigenvalue weighted by Gasteiger charge is -2.35. The second-order valence-corrected chi connectivity index (χ2v) is 8.57. The van der Waals surface area contributed by atoms with Crippen molar-refractivity contribution in [2.24, 2.45) is 0 Å². The highest BCUT2D eigenvalue weighted by molar-refractivity contribution is 8.00. The Morgan fingerprint density at radius 3 is 2.69 bits per heavy atom. The largest absolute Gasteiger partial charge is 0.372 e. The van der Waals surface area contributed by atoms with Gasteiger partial charge >= 0.3 is 0 Å². The number of benzene rings is 1. The van der Waals surface area contributed by atoms with Gasteiger partial charge < -0.3 is 9.64 Å². The summed E-state index contributed by atoms with van der Waals surface area (Å²) >= 11 is 1.43. The zero-order chi connectivity index (χ0) is 20.5. The van der Waals surface area contributed by atoms with Gasteiger partial charge in [-0.2, -0.15) is 5.10 Å². The van der Waals surface area contributed by atoms with Crippen molar-refractivity contribution in [2.75, 3.05) is 18.8 Å². The maximum absolute atomic E-state index is 12.7. The third-order valence-corrected chi connectivity index (χ3v) is 6.00. The van der Waals surface area contributed by atoms with E-state index in [2.05, 4.69) is 47.1 Å². The summed E-state index contributed by atoms with van der Waals surface area (Å²) in [7, 11) is 0. The minimum atomic E-state index is 0.0643. The summed E-state index contributed by atoms with van der Waals surface area (Å²) in [4.78, 5) is 23.4. The van der Waals surface area contributed by atoms with Crippen LogP contribution in [-0.4, -0.2) is 61.6 Å². The molecule has 0 unspecified atom stereocenters. The minimum Gasteiger partial charge on any atom is -0.372 e. The second-order valence-electron chi connectivity index (χ2n) is 7.61. The van der Waals surface area contributed by atoms with E-state index >= 15 is 0 Å². The first-order valence-electron chi connectivity index (χ1n) is 9.74. The molecule has 1 amide bonds. The van der Waals surface area contributed by atoms with Crippen molar-refractivity contribution in [2.45, 2.75) is 44.9 Å². The molecule has 8 heteroatoms. The Balaban J connectivity index is 1.55. The number of fused-ring (bicyclic) bond motifs is 1. The number of amides is 1. The van der Waals surface area contributed by atoms with Gasteiger partial charge in [0.1, 0.15) is 11.4 Å². The maximum atomic E-state index is 12.7. The lowest BCUT2D eigenvalue weighted by Crippen LogP contribution is -2.48. The number of hydrogen-bond acceptors (Lipinski definition) is 6. The molecule has 1 saturated heterocycles. The van der Waals surface area contributed by atoms with Crippen LogP contribution in [-0.2, 0) is 9.53 Å². The Bertz CT molecular complexity index is 1040. The molecule has 0 radical (unpaired) electrons. The van der Waals surface area contributed by atoms with Gasteiger partial charge in [-0.25, -0.2) is 14.6 Å². The Morgan fingerprint density at radius 1 is 1.21 bits per heavy atom. The van der Waals surface area contributed by atoms with Crippen LogP contribution in [0.2, 0.25) is 0 Å². The van der Waals surface area contributed by atoms with Crippen LogP contribution in [0.15, 0.2) is 35.7 Å². The van der Waals surface area contributed by atoms with Crippen molar-refractivity contribution in [1.82, 2.24) is 24.6 Å². The Morgan fingerprint density at radius 2 is 1.97 bits per heavy atom. The molecule has 3 aromatic rings. The number of morpholine rings is 1. The van der Waals surface area contributed by atoms with Crippen molar-refractivity contribution < 1.29 is 9.53 Å². The van der Waals surface area contributed by atoms with Gasteiger partial charge in [-0.15, -0.1) is 0 Å². The molecule has 1 aliphatic rings. The van der Waals surface area contributed by atoms with Crippen molar-refractivity contribution in [3.8, 4) is 5.69 Å². The highest BCUT2D eigenvalue weighted by atomic mass is 32.2. The average Bonchev–Trinajstić information content (AvgIpc) is 3.10. The summed E-state index contributed by atoms with van der Waals surface area (Å²) in [6.07, 6.45) is 3.44. The first-order chi connectivity index (χ1) is 13.9. The molecule has 29 heavy (non-hydrogen) atoms. The molecule has 0 bridgehead atoms. The fourth-order valence-electron chi connectivity index (χ4n) is 3.76. The van der Waals surface area contributed by atoms with E-state index in [9.17, 15) is 4.79 Å². The summed E-state index contributed by atoms with van der Waals surface area (Å²) in [5.74, 6) is 0.436. The standard InChI is InChI=1S/C21H25N5O2S/c1-13-5-6-18(14(2)7-13)26-20-17(8-24-26)21(23-12-22-20)29-11-19(27)25-9-15(3)28-16(4)10-25/h5-8,12,15-16H,9-11H2,1-4H3/t15-,16-/m1/s1. The Kier molecular flexibility index (Phi) is 5.56. The van der Waals surface area contributed by atoms with Gasteiger partial charge in [-0.1, -0.05) is 29.5 Å². The highest BCUT2D eigenvalue weighted by Crippen LogP contribution is 2.27. The number of hydrogen-bond donors (Lipinski definition) is 0. The van der Waals surface area contributed by atoms with Gasteiger partial charge in [0.25, 0.3) is 0 Å². The lowest BCUT2D eigenvalue weighted by molar-refractivity contribution is -0.140. The van der Waals surface area contributed by atoms with Gasteiger partial charge in [-0.3, -0.25) is 4.79 Å². The molecule has 4 rings (SSSR count). The molecule has 0 spiro atoms. The number of carbonyl (C=O) groups excluding carboxylic acids is 1. The number of rotatable bonds is 4. The molecule has 3 heterocycles. The third kappa shape index (κ3) is 4.13. The predicted octanol–water partition coefficient (Wildman–Crippen LogP) is 3.16. The summed E-state index contributed by atoms with van der Waals surface area (Å²) in [5, 5.41) is 6.17. The van der Waals surface area contributed by atoms with E-state index in [0.29, 0.717) is 18.8 Å². The maximum Gasteiger partial charge on any atom is 0.233 e. The van der Waals surface area contributed by atoms with E-state index < -0.39 is 0 Å². The number of thioether (sulfide) groups is 1. The molecular formula is C21H25N5O2S. The molecular weight excluding hydrogens is 386 g/mol. The second kappa shape index (κ2) is 8.12. The van der Waals surface area contributed by atoms with E-state index in [1.807, 2.05) is 23.4 Å². The monoisotopic (exact) mass is 411 g/mol. The van der Waals surface area contributed by atoms with E-state index in [-0.39, 0.29) is 18.1 Å². The van der Waals surface area contributed by atoms with E-state index in [1.165, 1.54) is 23.7 Å². The summed E-state index contributed by atoms with van der Waals surface area (Å²) in [6.45, 7) is 9.40. The van der Waals surface area contributed by atoms with E-state index in [0.717, 1.165) is 27.3 Å². The first kappa shape index (κ1) is 19.8. The lowest BCUT2D eigenvalue weighted by atomic mass is 10.1. The molecule has 2 aromatic heterocycles. The molecule has 2 atom stereocenters. The molecule has 7 nitrogen and oxygen atoms in total. The quantitative estimate of drug-likeness (QED) is 0.485. The topological polar surface area (TPSA) is 73.1 Å². The van der Waals surface area contributed by atoms with Crippen LogP contribution in [0.3, 0.4) is 0 Å². The van der Waals surface area contributed by atoms with Gasteiger partial charge in [0.15, 0.2) is 5.65 Å². The fraction of sp³-hybridized carbons (Fsp3) is 0.429. The van der Waals surface area contributed by atoms with E-state index in [4.69, 9.17) is 4.74 Å². The molecule has 0 N–H and O–H groups in total. The van der Waals surface area contributed by atoms with Gasteiger partial charge in [0.05, 0.1) is 35.2 Å². The molecule has 1 fully saturated rings. The van der Waals surface area contributed by atoms with Gasteiger partial charge in [-0.05, 0) is 39.3 Å². The average molecular weight is 412 g/mol. The smallest absolute Gasteiger partial charge is 0.233 e. The van der Waals surface area contributed by atoms with Crippen LogP contribution in [0.4, 0.5) is 0 Å². The Labute approximate surface area is 174 Å². The van der Waals surface area contributed by atoms with Crippen LogP contribution in [0.5, 0.6) is 0 Å².